The molecular weight excluding hydrogens is 365 g/mol. The zero-order valence-electron chi connectivity index (χ0n) is 15.1. The average molecular weight is 383 g/mol. The summed E-state index contributed by atoms with van der Waals surface area (Å²) in [5.41, 5.74) is 0.734. The van der Waals surface area contributed by atoms with Crippen molar-refractivity contribution in [3.8, 4) is 0 Å². The molecule has 0 saturated carbocycles. The smallest absolute Gasteiger partial charge is 0.312 e. The van der Waals surface area contributed by atoms with Gasteiger partial charge in [-0.15, -0.1) is 0 Å². The van der Waals surface area contributed by atoms with E-state index in [0.29, 0.717) is 16.5 Å². The van der Waals surface area contributed by atoms with Crippen LogP contribution in [0.3, 0.4) is 0 Å². The summed E-state index contributed by atoms with van der Waals surface area (Å²) in [6.07, 6.45) is -1.20. The van der Waals surface area contributed by atoms with E-state index in [2.05, 4.69) is 15.5 Å². The molecule has 7 nitrogen and oxygen atoms in total. The maximum Gasteiger partial charge on any atom is 0.312 e. The van der Waals surface area contributed by atoms with Gasteiger partial charge in [0.2, 0.25) is 0 Å². The second kappa shape index (κ2) is 8.43. The molecule has 3 rings (SSSR count). The van der Waals surface area contributed by atoms with Crippen LogP contribution in [0.5, 0.6) is 0 Å². The fourth-order valence-corrected chi connectivity index (χ4v) is 2.67. The summed E-state index contributed by atoms with van der Waals surface area (Å²) in [5.74, 6) is -1.48. The van der Waals surface area contributed by atoms with E-state index in [1.165, 1.54) is 19.1 Å². The predicted octanol–water partition coefficient (Wildman–Crippen LogP) is 1.85. The van der Waals surface area contributed by atoms with Crippen molar-refractivity contribution in [2.24, 2.45) is 0 Å². The highest BCUT2D eigenvalue weighted by Gasteiger charge is 2.19. The number of hydrogen-bond acceptors (Lipinski definition) is 5. The van der Waals surface area contributed by atoms with Gasteiger partial charge in [-0.3, -0.25) is 14.4 Å². The van der Waals surface area contributed by atoms with Crippen molar-refractivity contribution in [3.05, 3.63) is 76.0 Å². The van der Waals surface area contributed by atoms with E-state index in [1.54, 1.807) is 36.4 Å². The van der Waals surface area contributed by atoms with Crippen LogP contribution in [0, 0.1) is 5.82 Å². The van der Waals surface area contributed by atoms with Crippen molar-refractivity contribution in [1.82, 2.24) is 15.5 Å². The molecule has 1 amide bonds. The van der Waals surface area contributed by atoms with E-state index in [1.807, 2.05) is 0 Å². The summed E-state index contributed by atoms with van der Waals surface area (Å²) in [6, 6.07) is 12.5. The standard InChI is InChI=1S/C20H18FN3O4/c1-12(19(26)22-11-13-6-8-14(21)9-7-13)28-18(25)10-17-15-4-2-3-5-16(15)20(27)24-23-17/h2-9,12H,10-11H2,1H3,(H,22,26)(H,24,27)/t12-/m0/s1. The van der Waals surface area contributed by atoms with E-state index in [-0.39, 0.29) is 24.3 Å². The van der Waals surface area contributed by atoms with Gasteiger partial charge in [0.05, 0.1) is 17.5 Å². The molecule has 2 N–H and O–H groups in total. The molecule has 0 radical (unpaired) electrons. The molecule has 1 aromatic heterocycles. The first kappa shape index (κ1) is 19.2. The van der Waals surface area contributed by atoms with Crippen LogP contribution in [0.25, 0.3) is 10.8 Å². The Morgan fingerprint density at radius 2 is 1.82 bits per heavy atom. The molecule has 0 saturated heterocycles. The number of carbonyl (C=O) groups excluding carboxylic acids is 2. The van der Waals surface area contributed by atoms with Crippen LogP contribution in [0.4, 0.5) is 4.39 Å². The molecule has 0 aliphatic rings. The summed E-state index contributed by atoms with van der Waals surface area (Å²) in [6.45, 7) is 1.64. The fourth-order valence-electron chi connectivity index (χ4n) is 2.67. The van der Waals surface area contributed by atoms with E-state index in [0.717, 1.165) is 5.56 Å². The number of benzene rings is 2. The zero-order valence-corrected chi connectivity index (χ0v) is 15.1. The van der Waals surface area contributed by atoms with Gasteiger partial charge in [-0.25, -0.2) is 9.49 Å². The lowest BCUT2D eigenvalue weighted by Crippen LogP contribution is -2.35. The maximum atomic E-state index is 12.9. The number of nitrogens with zero attached hydrogens (tertiary/aromatic N) is 1. The van der Waals surface area contributed by atoms with Crippen molar-refractivity contribution in [1.29, 1.82) is 0 Å². The Labute approximate surface area is 159 Å². The molecule has 3 aromatic rings. The van der Waals surface area contributed by atoms with Gasteiger partial charge in [-0.05, 0) is 30.7 Å². The van der Waals surface area contributed by atoms with Crippen LogP contribution in [-0.4, -0.2) is 28.2 Å². The molecule has 0 aliphatic heterocycles. The van der Waals surface area contributed by atoms with E-state index in [4.69, 9.17) is 4.74 Å². The Morgan fingerprint density at radius 1 is 1.14 bits per heavy atom. The van der Waals surface area contributed by atoms with Crippen LogP contribution in [0.2, 0.25) is 0 Å². The maximum absolute atomic E-state index is 12.9. The Morgan fingerprint density at radius 3 is 2.54 bits per heavy atom. The van der Waals surface area contributed by atoms with Crippen molar-refractivity contribution >= 4 is 22.6 Å². The second-order valence-electron chi connectivity index (χ2n) is 6.20. The predicted molar refractivity (Wildman–Crippen MR) is 99.9 cm³/mol. The van der Waals surface area contributed by atoms with Gasteiger partial charge in [0, 0.05) is 11.9 Å². The van der Waals surface area contributed by atoms with Crippen LogP contribution in [0.1, 0.15) is 18.2 Å². The fraction of sp³-hybridized carbons (Fsp3) is 0.200. The first-order chi connectivity index (χ1) is 13.4. The highest BCUT2D eigenvalue weighted by molar-refractivity contribution is 5.88. The van der Waals surface area contributed by atoms with Gasteiger partial charge in [-0.2, -0.15) is 5.10 Å². The number of amides is 1. The first-order valence-electron chi connectivity index (χ1n) is 8.62. The number of aromatic amines is 1. The third-order valence-electron chi connectivity index (χ3n) is 4.14. The number of H-pyrrole nitrogens is 1. The third kappa shape index (κ3) is 4.59. The number of halogens is 1. The number of nitrogens with one attached hydrogen (secondary N) is 2. The van der Waals surface area contributed by atoms with Gasteiger partial charge in [0.1, 0.15) is 5.82 Å². The summed E-state index contributed by atoms with van der Waals surface area (Å²) in [4.78, 5) is 36.1. The van der Waals surface area contributed by atoms with Crippen molar-refractivity contribution in [2.75, 3.05) is 0 Å². The number of hydrogen-bond donors (Lipinski definition) is 2. The van der Waals surface area contributed by atoms with Crippen LogP contribution < -0.4 is 10.9 Å². The molecule has 0 aliphatic carbocycles. The molecule has 0 spiro atoms. The quantitative estimate of drug-likeness (QED) is 0.633. The molecule has 0 unspecified atom stereocenters. The van der Waals surface area contributed by atoms with E-state index in [9.17, 15) is 18.8 Å². The zero-order chi connectivity index (χ0) is 20.1. The number of rotatable bonds is 6. The molecule has 1 heterocycles. The molecule has 0 bridgehead atoms. The lowest BCUT2D eigenvalue weighted by molar-refractivity contribution is -0.154. The van der Waals surface area contributed by atoms with Gasteiger partial charge in [0.25, 0.3) is 11.5 Å². The van der Waals surface area contributed by atoms with Crippen LogP contribution in [-0.2, 0) is 27.3 Å². The van der Waals surface area contributed by atoms with Crippen molar-refractivity contribution < 1.29 is 18.7 Å². The molecule has 8 heteroatoms. The molecular formula is C20H18FN3O4. The van der Waals surface area contributed by atoms with Crippen LogP contribution in [0.15, 0.2) is 53.3 Å². The van der Waals surface area contributed by atoms with Crippen molar-refractivity contribution in [3.63, 3.8) is 0 Å². The highest BCUT2D eigenvalue weighted by atomic mass is 19.1. The minimum Gasteiger partial charge on any atom is -0.452 e. The minimum atomic E-state index is -1.01. The van der Waals surface area contributed by atoms with E-state index >= 15 is 0 Å². The Kier molecular flexibility index (Phi) is 5.78. The topological polar surface area (TPSA) is 101 Å². The lowest BCUT2D eigenvalue weighted by atomic mass is 10.1. The Hall–Kier alpha value is -3.55. The minimum absolute atomic E-state index is 0.188. The summed E-state index contributed by atoms with van der Waals surface area (Å²) in [7, 11) is 0. The summed E-state index contributed by atoms with van der Waals surface area (Å²) >= 11 is 0. The molecule has 0 fully saturated rings. The van der Waals surface area contributed by atoms with Gasteiger partial charge in [-0.1, -0.05) is 30.3 Å². The lowest BCUT2D eigenvalue weighted by Gasteiger charge is -2.14. The Balaban J connectivity index is 1.58. The first-order valence-corrected chi connectivity index (χ1v) is 8.62. The number of carbonyl (C=O) groups is 2. The summed E-state index contributed by atoms with van der Waals surface area (Å²) in [5, 5.41) is 9.86. The normalized spacial score (nSPS) is 11.8. The molecule has 144 valence electrons. The summed E-state index contributed by atoms with van der Waals surface area (Å²) < 4.78 is 18.0. The number of ether oxygens (including phenoxy) is 1. The second-order valence-corrected chi connectivity index (χ2v) is 6.20. The molecule has 28 heavy (non-hydrogen) atoms. The van der Waals surface area contributed by atoms with Gasteiger partial charge in [0.15, 0.2) is 6.10 Å². The molecule has 1 atom stereocenters. The van der Waals surface area contributed by atoms with Crippen molar-refractivity contribution in [2.45, 2.75) is 26.0 Å². The average Bonchev–Trinajstić information content (AvgIpc) is 2.69. The highest BCUT2D eigenvalue weighted by Crippen LogP contribution is 2.13. The van der Waals surface area contributed by atoms with Gasteiger partial charge >= 0.3 is 5.97 Å². The SMILES string of the molecule is C[C@H](OC(=O)Cc1n[nH]c(=O)c2ccccc12)C(=O)NCc1ccc(F)cc1. The number of aromatic nitrogens is 2. The number of fused-ring (bicyclic) bond motifs is 1. The monoisotopic (exact) mass is 383 g/mol. The largest absolute Gasteiger partial charge is 0.452 e. The van der Waals surface area contributed by atoms with Gasteiger partial charge < -0.3 is 10.1 Å². The Bertz CT molecular complexity index is 1060. The van der Waals surface area contributed by atoms with E-state index < -0.39 is 18.0 Å². The molecule has 2 aromatic carbocycles. The van der Waals surface area contributed by atoms with Crippen LogP contribution >= 0.6 is 0 Å². The number of esters is 1. The third-order valence-corrected chi connectivity index (χ3v) is 4.14.